The van der Waals surface area contributed by atoms with E-state index in [0.29, 0.717) is 39.5 Å². The monoisotopic (exact) mass is 494 g/mol. The maximum Gasteiger partial charge on any atom is 0.349 e. The largest absolute Gasteiger partial charge is 0.454 e. The molecule has 5 aromatic rings. The zero-order valence-electron chi connectivity index (χ0n) is 19.1. The van der Waals surface area contributed by atoms with Gasteiger partial charge in [-0.2, -0.15) is 5.26 Å². The first-order valence-electron chi connectivity index (χ1n) is 11.2. The summed E-state index contributed by atoms with van der Waals surface area (Å²) in [5.74, 6) is 0.770. The summed E-state index contributed by atoms with van der Waals surface area (Å²) in [6.07, 6.45) is 0.557. The van der Waals surface area contributed by atoms with Gasteiger partial charge in [0.25, 0.3) is 5.91 Å². The molecule has 176 valence electrons. The summed E-state index contributed by atoms with van der Waals surface area (Å²) in [7, 11) is 0. The molecule has 3 aromatic carbocycles. The Kier molecular flexibility index (Phi) is 5.20. The number of amides is 1. The Morgan fingerprint density at radius 2 is 1.89 bits per heavy atom. The normalized spacial score (nSPS) is 12.1. The van der Waals surface area contributed by atoms with Crippen molar-refractivity contribution in [3.05, 3.63) is 98.2 Å². The Morgan fingerprint density at radius 3 is 2.75 bits per heavy atom. The van der Waals surface area contributed by atoms with Crippen molar-refractivity contribution in [2.75, 3.05) is 12.1 Å². The topological polar surface area (TPSA) is 102 Å². The van der Waals surface area contributed by atoms with Gasteiger partial charge in [0.1, 0.15) is 22.2 Å². The van der Waals surface area contributed by atoms with Crippen LogP contribution in [0.4, 0.5) is 5.00 Å². The zero-order valence-corrected chi connectivity index (χ0v) is 19.9. The minimum absolute atomic E-state index is 0.119. The first-order chi connectivity index (χ1) is 17.5. The van der Waals surface area contributed by atoms with Gasteiger partial charge in [-0.25, -0.2) is 4.79 Å². The van der Waals surface area contributed by atoms with E-state index in [9.17, 15) is 14.9 Å². The maximum absolute atomic E-state index is 13.2. The molecule has 7 nitrogen and oxygen atoms in total. The molecule has 8 heteroatoms. The second-order valence-corrected chi connectivity index (χ2v) is 9.54. The second kappa shape index (κ2) is 8.56. The number of carbonyl (C=O) groups is 1. The van der Waals surface area contributed by atoms with Crippen molar-refractivity contribution in [1.82, 2.24) is 0 Å². The number of anilines is 1. The maximum atomic E-state index is 13.2. The Bertz CT molecular complexity index is 1790. The number of hydrogen-bond donors (Lipinski definition) is 1. The highest BCUT2D eigenvalue weighted by Crippen LogP contribution is 2.37. The highest BCUT2D eigenvalue weighted by molar-refractivity contribution is 7.16. The number of fused-ring (bicyclic) bond motifs is 4. The SMILES string of the molecule is Cc1c(Cc2ccc3c(c2)OCO3)sc(NC(=O)c2cc3c(ccc4ccccc43)oc2=O)c1C#N. The van der Waals surface area contributed by atoms with Crippen LogP contribution < -0.4 is 20.4 Å². The number of thiophene rings is 1. The van der Waals surface area contributed by atoms with Crippen LogP contribution in [-0.4, -0.2) is 12.7 Å². The van der Waals surface area contributed by atoms with Crippen LogP contribution in [-0.2, 0) is 6.42 Å². The van der Waals surface area contributed by atoms with E-state index in [0.717, 1.165) is 26.8 Å². The molecule has 6 rings (SSSR count). The van der Waals surface area contributed by atoms with Crippen molar-refractivity contribution >= 4 is 44.0 Å². The Morgan fingerprint density at radius 1 is 1.06 bits per heavy atom. The van der Waals surface area contributed by atoms with Crippen molar-refractivity contribution < 1.29 is 18.7 Å². The van der Waals surface area contributed by atoms with Crippen LogP contribution in [0.3, 0.4) is 0 Å². The molecule has 0 radical (unpaired) electrons. The molecule has 1 amide bonds. The molecule has 1 N–H and O–H groups in total. The minimum atomic E-state index is -0.734. The third-order valence-corrected chi connectivity index (χ3v) is 7.48. The minimum Gasteiger partial charge on any atom is -0.454 e. The van der Waals surface area contributed by atoms with Crippen LogP contribution in [0.15, 0.2) is 69.9 Å². The molecule has 0 atom stereocenters. The summed E-state index contributed by atoms with van der Waals surface area (Å²) in [6, 6.07) is 20.7. The van der Waals surface area contributed by atoms with Gasteiger partial charge >= 0.3 is 5.63 Å². The molecule has 3 heterocycles. The molecule has 0 spiro atoms. The smallest absolute Gasteiger partial charge is 0.349 e. The van der Waals surface area contributed by atoms with E-state index in [2.05, 4.69) is 11.4 Å². The molecule has 2 aromatic heterocycles. The lowest BCUT2D eigenvalue weighted by Gasteiger charge is -2.06. The Labute approximate surface area is 209 Å². The van der Waals surface area contributed by atoms with E-state index in [-0.39, 0.29) is 12.4 Å². The van der Waals surface area contributed by atoms with Gasteiger partial charge in [-0.15, -0.1) is 11.3 Å². The molecule has 0 aliphatic carbocycles. The van der Waals surface area contributed by atoms with E-state index >= 15 is 0 Å². The summed E-state index contributed by atoms with van der Waals surface area (Å²) in [6.45, 7) is 2.05. The zero-order chi connectivity index (χ0) is 24.8. The number of carbonyl (C=O) groups excluding carboxylic acids is 1. The molecular formula is C28H18N2O5S. The van der Waals surface area contributed by atoms with Crippen molar-refractivity contribution in [2.45, 2.75) is 13.3 Å². The third kappa shape index (κ3) is 3.67. The third-order valence-electron chi connectivity index (χ3n) is 6.27. The number of benzene rings is 3. The fraction of sp³-hybridized carbons (Fsp3) is 0.107. The molecule has 0 saturated carbocycles. The lowest BCUT2D eigenvalue weighted by Crippen LogP contribution is -2.20. The number of nitrogens with one attached hydrogen (secondary N) is 1. The molecular weight excluding hydrogens is 476 g/mol. The summed E-state index contributed by atoms with van der Waals surface area (Å²) in [5.41, 5.74) is 1.71. The summed E-state index contributed by atoms with van der Waals surface area (Å²) >= 11 is 1.31. The number of ether oxygens (including phenoxy) is 2. The van der Waals surface area contributed by atoms with Gasteiger partial charge in [-0.1, -0.05) is 36.4 Å². The average molecular weight is 495 g/mol. The Hall–Kier alpha value is -4.61. The predicted molar refractivity (Wildman–Crippen MR) is 137 cm³/mol. The van der Waals surface area contributed by atoms with Crippen molar-refractivity contribution in [2.24, 2.45) is 0 Å². The summed E-state index contributed by atoms with van der Waals surface area (Å²) in [5, 5.41) is 15.5. The second-order valence-electron chi connectivity index (χ2n) is 8.43. The molecule has 1 aliphatic heterocycles. The first kappa shape index (κ1) is 21.9. The fourth-order valence-electron chi connectivity index (χ4n) is 4.39. The lowest BCUT2D eigenvalue weighted by atomic mass is 10.0. The van der Waals surface area contributed by atoms with E-state index < -0.39 is 11.5 Å². The van der Waals surface area contributed by atoms with Gasteiger partial charge in [0.05, 0.1) is 5.56 Å². The van der Waals surface area contributed by atoms with E-state index in [1.165, 1.54) is 11.3 Å². The molecule has 0 fully saturated rings. The van der Waals surface area contributed by atoms with Crippen LogP contribution in [0.1, 0.15) is 31.9 Å². The molecule has 0 unspecified atom stereocenters. The summed E-state index contributed by atoms with van der Waals surface area (Å²) < 4.78 is 16.3. The van der Waals surface area contributed by atoms with Crippen molar-refractivity contribution in [3.8, 4) is 17.6 Å². The lowest BCUT2D eigenvalue weighted by molar-refractivity contribution is 0.102. The van der Waals surface area contributed by atoms with Crippen molar-refractivity contribution in [1.29, 1.82) is 5.26 Å². The first-order valence-corrected chi connectivity index (χ1v) is 12.0. The number of nitriles is 1. The highest BCUT2D eigenvalue weighted by Gasteiger charge is 2.21. The predicted octanol–water partition coefficient (Wildman–Crippen LogP) is 5.76. The van der Waals surface area contributed by atoms with Gasteiger partial charge in [-0.3, -0.25) is 4.79 Å². The van der Waals surface area contributed by atoms with Gasteiger partial charge in [-0.05, 0) is 53.1 Å². The fourth-order valence-corrected chi connectivity index (χ4v) is 5.57. The highest BCUT2D eigenvalue weighted by atomic mass is 32.1. The number of hydrogen-bond acceptors (Lipinski definition) is 7. The van der Waals surface area contributed by atoms with Crippen molar-refractivity contribution in [3.63, 3.8) is 0 Å². The van der Waals surface area contributed by atoms with E-state index in [4.69, 9.17) is 13.9 Å². The van der Waals surface area contributed by atoms with Crippen LogP contribution in [0, 0.1) is 18.3 Å². The molecule has 0 saturated heterocycles. The van der Waals surface area contributed by atoms with Crippen LogP contribution in [0.5, 0.6) is 11.5 Å². The van der Waals surface area contributed by atoms with E-state index in [1.807, 2.05) is 55.5 Å². The van der Waals surface area contributed by atoms with Gasteiger partial charge in [0, 0.05) is 16.7 Å². The van der Waals surface area contributed by atoms with Gasteiger partial charge < -0.3 is 19.2 Å². The summed E-state index contributed by atoms with van der Waals surface area (Å²) in [4.78, 5) is 26.8. The molecule has 0 bridgehead atoms. The quantitative estimate of drug-likeness (QED) is 0.252. The average Bonchev–Trinajstić information content (AvgIpc) is 3.46. The Balaban J connectivity index is 1.34. The van der Waals surface area contributed by atoms with Crippen LogP contribution >= 0.6 is 11.3 Å². The standard InChI is InChI=1S/C28H18N2O5S/c1-15-21(13-29)27(36-25(15)11-16-6-8-23-24(10-16)34-14-33-23)30-26(31)20-12-19-18-5-3-2-4-17(18)7-9-22(19)35-28(20)32/h2-10,12H,11,14H2,1H3,(H,30,31). The molecule has 1 aliphatic rings. The van der Waals surface area contributed by atoms with Gasteiger partial charge in [0.2, 0.25) is 6.79 Å². The van der Waals surface area contributed by atoms with Crippen LogP contribution in [0.25, 0.3) is 21.7 Å². The number of rotatable bonds is 4. The van der Waals surface area contributed by atoms with Crippen LogP contribution in [0.2, 0.25) is 0 Å². The van der Waals surface area contributed by atoms with E-state index in [1.54, 1.807) is 12.1 Å². The van der Waals surface area contributed by atoms with Gasteiger partial charge in [0.15, 0.2) is 11.5 Å². The molecule has 36 heavy (non-hydrogen) atoms. The number of nitrogens with zero attached hydrogens (tertiary/aromatic N) is 1.